The third-order valence-electron chi connectivity index (χ3n) is 3.43. The second-order valence-electron chi connectivity index (χ2n) is 5.03. The van der Waals surface area contributed by atoms with Gasteiger partial charge < -0.3 is 10.6 Å². The largest absolute Gasteiger partial charge is 0.382 e. The number of rotatable bonds is 5. The van der Waals surface area contributed by atoms with Crippen LogP contribution in [0.15, 0.2) is 18.2 Å². The second kappa shape index (κ2) is 6.43. The molecule has 2 atom stereocenters. The van der Waals surface area contributed by atoms with Gasteiger partial charge in [-0.25, -0.2) is 0 Å². The third-order valence-corrected chi connectivity index (χ3v) is 3.43. The molecule has 0 aliphatic heterocycles. The van der Waals surface area contributed by atoms with Crippen LogP contribution in [0.4, 0.5) is 11.4 Å². The maximum Gasteiger partial charge on any atom is 0.221 e. The average molecular weight is 248 g/mol. The molecular weight excluding hydrogens is 224 g/mol. The smallest absolute Gasteiger partial charge is 0.221 e. The van der Waals surface area contributed by atoms with Gasteiger partial charge in [-0.15, -0.1) is 0 Å². The summed E-state index contributed by atoms with van der Waals surface area (Å²) in [7, 11) is 0. The monoisotopic (exact) mass is 248 g/mol. The first-order chi connectivity index (χ1) is 8.43. The Hall–Kier alpha value is -1.51. The summed E-state index contributed by atoms with van der Waals surface area (Å²) in [5.74, 6) is 0.604. The van der Waals surface area contributed by atoms with Crippen molar-refractivity contribution in [3.63, 3.8) is 0 Å². The van der Waals surface area contributed by atoms with Gasteiger partial charge in [0.2, 0.25) is 5.91 Å². The Kier molecular flexibility index (Phi) is 5.20. The molecule has 0 spiro atoms. The highest BCUT2D eigenvalue weighted by Gasteiger charge is 2.10. The fraction of sp³-hybridized carbons (Fsp3) is 0.533. The number of benzene rings is 1. The minimum absolute atomic E-state index is 0.0354. The van der Waals surface area contributed by atoms with Crippen molar-refractivity contribution in [3.8, 4) is 0 Å². The Bertz CT molecular complexity index is 415. The van der Waals surface area contributed by atoms with Crippen LogP contribution in [0.5, 0.6) is 0 Å². The van der Waals surface area contributed by atoms with Crippen molar-refractivity contribution < 1.29 is 4.79 Å². The number of amides is 1. The zero-order valence-electron chi connectivity index (χ0n) is 12.0. The van der Waals surface area contributed by atoms with Gasteiger partial charge in [-0.1, -0.05) is 20.3 Å². The molecular formula is C15H24N2O. The molecule has 0 fully saturated rings. The van der Waals surface area contributed by atoms with Gasteiger partial charge in [-0.05, 0) is 43.5 Å². The fourth-order valence-electron chi connectivity index (χ4n) is 1.84. The standard InChI is InChI=1S/C15H24N2O/c1-6-10(2)12(4)16-14-7-8-15(11(3)9-14)17-13(5)18/h7-10,12,16H,6H2,1-5H3,(H,17,18). The van der Waals surface area contributed by atoms with Crippen molar-refractivity contribution in [2.75, 3.05) is 10.6 Å². The van der Waals surface area contributed by atoms with Gasteiger partial charge in [0, 0.05) is 24.3 Å². The van der Waals surface area contributed by atoms with Crippen molar-refractivity contribution in [2.45, 2.75) is 47.1 Å². The number of nitrogens with one attached hydrogen (secondary N) is 2. The van der Waals surface area contributed by atoms with Crippen molar-refractivity contribution in [1.29, 1.82) is 0 Å². The fourth-order valence-corrected chi connectivity index (χ4v) is 1.84. The number of anilines is 2. The molecule has 0 heterocycles. The Morgan fingerprint density at radius 3 is 2.50 bits per heavy atom. The Morgan fingerprint density at radius 2 is 2.00 bits per heavy atom. The lowest BCUT2D eigenvalue weighted by Crippen LogP contribution is -2.23. The van der Waals surface area contributed by atoms with Crippen LogP contribution in [-0.4, -0.2) is 11.9 Å². The number of hydrogen-bond acceptors (Lipinski definition) is 2. The van der Waals surface area contributed by atoms with Gasteiger partial charge >= 0.3 is 0 Å². The SMILES string of the molecule is CCC(C)C(C)Nc1ccc(NC(C)=O)c(C)c1. The molecule has 1 aromatic rings. The van der Waals surface area contributed by atoms with Gasteiger partial charge in [-0.3, -0.25) is 4.79 Å². The molecule has 2 N–H and O–H groups in total. The summed E-state index contributed by atoms with van der Waals surface area (Å²) in [6, 6.07) is 6.48. The lowest BCUT2D eigenvalue weighted by Gasteiger charge is -2.21. The van der Waals surface area contributed by atoms with Crippen LogP contribution in [0.3, 0.4) is 0 Å². The zero-order valence-corrected chi connectivity index (χ0v) is 12.0. The molecule has 0 saturated carbocycles. The lowest BCUT2D eigenvalue weighted by molar-refractivity contribution is -0.114. The van der Waals surface area contributed by atoms with E-state index < -0.39 is 0 Å². The highest BCUT2D eigenvalue weighted by Crippen LogP contribution is 2.21. The van der Waals surface area contributed by atoms with E-state index in [2.05, 4.69) is 37.5 Å². The molecule has 0 aliphatic carbocycles. The minimum atomic E-state index is -0.0354. The summed E-state index contributed by atoms with van der Waals surface area (Å²) < 4.78 is 0. The summed E-state index contributed by atoms with van der Waals surface area (Å²) in [4.78, 5) is 11.0. The van der Waals surface area contributed by atoms with Crippen molar-refractivity contribution in [1.82, 2.24) is 0 Å². The molecule has 0 saturated heterocycles. The average Bonchev–Trinajstić information content (AvgIpc) is 2.31. The van der Waals surface area contributed by atoms with E-state index in [0.29, 0.717) is 12.0 Å². The topological polar surface area (TPSA) is 41.1 Å². The van der Waals surface area contributed by atoms with E-state index in [1.165, 1.54) is 6.92 Å². The molecule has 0 aromatic heterocycles. The molecule has 0 aliphatic rings. The highest BCUT2D eigenvalue weighted by molar-refractivity contribution is 5.89. The van der Waals surface area contributed by atoms with E-state index in [1.54, 1.807) is 0 Å². The van der Waals surface area contributed by atoms with E-state index in [1.807, 2.05) is 19.1 Å². The lowest BCUT2D eigenvalue weighted by atomic mass is 10.0. The van der Waals surface area contributed by atoms with Gasteiger partial charge in [0.05, 0.1) is 0 Å². The molecule has 18 heavy (non-hydrogen) atoms. The maximum atomic E-state index is 11.0. The molecule has 1 aromatic carbocycles. The molecule has 1 rings (SSSR count). The van der Waals surface area contributed by atoms with Gasteiger partial charge in [-0.2, -0.15) is 0 Å². The summed E-state index contributed by atoms with van der Waals surface area (Å²) in [5.41, 5.74) is 3.06. The molecule has 2 unspecified atom stereocenters. The van der Waals surface area contributed by atoms with E-state index in [4.69, 9.17) is 0 Å². The highest BCUT2D eigenvalue weighted by atomic mass is 16.1. The number of hydrogen-bond donors (Lipinski definition) is 2. The predicted octanol–water partition coefficient (Wildman–Crippen LogP) is 3.80. The summed E-state index contributed by atoms with van der Waals surface area (Å²) in [5, 5.41) is 6.32. The Labute approximate surface area is 110 Å². The molecule has 1 amide bonds. The number of aryl methyl sites for hydroxylation is 1. The van der Waals surface area contributed by atoms with Crippen LogP contribution >= 0.6 is 0 Å². The van der Waals surface area contributed by atoms with Crippen LogP contribution in [0.1, 0.15) is 39.7 Å². The normalized spacial score (nSPS) is 13.8. The molecule has 0 radical (unpaired) electrons. The Balaban J connectivity index is 2.75. The van der Waals surface area contributed by atoms with Crippen LogP contribution < -0.4 is 10.6 Å². The summed E-state index contributed by atoms with van der Waals surface area (Å²) in [6.45, 7) is 10.2. The first-order valence-corrected chi connectivity index (χ1v) is 6.58. The number of carbonyl (C=O) groups excluding carboxylic acids is 1. The van der Waals surface area contributed by atoms with E-state index in [9.17, 15) is 4.79 Å². The first-order valence-electron chi connectivity index (χ1n) is 6.58. The predicted molar refractivity (Wildman–Crippen MR) is 78.0 cm³/mol. The van der Waals surface area contributed by atoms with Gasteiger partial charge in [0.15, 0.2) is 0 Å². The quantitative estimate of drug-likeness (QED) is 0.832. The molecule has 100 valence electrons. The third kappa shape index (κ3) is 4.06. The summed E-state index contributed by atoms with van der Waals surface area (Å²) >= 11 is 0. The van der Waals surface area contributed by atoms with E-state index >= 15 is 0 Å². The molecule has 3 heteroatoms. The van der Waals surface area contributed by atoms with Crippen molar-refractivity contribution in [2.24, 2.45) is 5.92 Å². The van der Waals surface area contributed by atoms with Crippen LogP contribution in [0.2, 0.25) is 0 Å². The second-order valence-corrected chi connectivity index (χ2v) is 5.03. The van der Waals surface area contributed by atoms with Crippen LogP contribution in [0.25, 0.3) is 0 Å². The summed E-state index contributed by atoms with van der Waals surface area (Å²) in [6.07, 6.45) is 1.16. The van der Waals surface area contributed by atoms with Crippen molar-refractivity contribution >= 4 is 17.3 Å². The maximum absolute atomic E-state index is 11.0. The van der Waals surface area contributed by atoms with Gasteiger partial charge in [0.1, 0.15) is 0 Å². The number of carbonyl (C=O) groups is 1. The molecule has 0 bridgehead atoms. The van der Waals surface area contributed by atoms with Crippen molar-refractivity contribution in [3.05, 3.63) is 23.8 Å². The van der Waals surface area contributed by atoms with Crippen LogP contribution in [-0.2, 0) is 4.79 Å². The minimum Gasteiger partial charge on any atom is -0.382 e. The first kappa shape index (κ1) is 14.6. The van der Waals surface area contributed by atoms with Gasteiger partial charge in [0.25, 0.3) is 0 Å². The molecule has 3 nitrogen and oxygen atoms in total. The van der Waals surface area contributed by atoms with E-state index in [-0.39, 0.29) is 5.91 Å². The van der Waals surface area contributed by atoms with E-state index in [0.717, 1.165) is 23.4 Å². The zero-order chi connectivity index (χ0) is 13.7. The Morgan fingerprint density at radius 1 is 1.33 bits per heavy atom. The van der Waals surface area contributed by atoms with Crippen LogP contribution in [0, 0.1) is 12.8 Å².